The molecule has 0 rings (SSSR count). The van der Waals surface area contributed by atoms with E-state index in [0.29, 0.717) is 39.1 Å². The van der Waals surface area contributed by atoms with Crippen LogP contribution in [0.1, 0.15) is 80.1 Å². The third-order valence-electron chi connectivity index (χ3n) is 4.81. The van der Waals surface area contributed by atoms with E-state index in [0.717, 1.165) is 25.7 Å². The molecule has 0 fully saturated rings. The van der Waals surface area contributed by atoms with Crippen LogP contribution in [0.3, 0.4) is 0 Å². The van der Waals surface area contributed by atoms with Gasteiger partial charge in [-0.3, -0.25) is 14.4 Å². The van der Waals surface area contributed by atoms with Crippen LogP contribution < -0.4 is 16.0 Å². The maximum Gasteiger partial charge on any atom is 0.246 e. The molecule has 0 heterocycles. The van der Waals surface area contributed by atoms with Gasteiger partial charge in [-0.05, 0) is 12.8 Å². The van der Waals surface area contributed by atoms with Crippen LogP contribution in [0, 0.1) is 10.8 Å². The van der Waals surface area contributed by atoms with Gasteiger partial charge in [-0.1, -0.05) is 60.5 Å². The fraction of sp³-hybridized carbons (Fsp3) is 0.792. The highest BCUT2D eigenvalue weighted by Crippen LogP contribution is 2.19. The molecule has 0 saturated heterocycles. The SMILES string of the molecule is C=C[C@@H](NC(=O)CCCCC)C(=O)NCC(C)(C)COCC(C)(C)CNC(=O)CCC. The summed E-state index contributed by atoms with van der Waals surface area (Å²) >= 11 is 0. The maximum absolute atomic E-state index is 12.4. The summed E-state index contributed by atoms with van der Waals surface area (Å²) < 4.78 is 5.90. The van der Waals surface area contributed by atoms with Crippen molar-refractivity contribution in [2.45, 2.75) is 86.1 Å². The normalized spacial score (nSPS) is 12.7. The molecule has 0 bridgehead atoms. The van der Waals surface area contributed by atoms with E-state index in [2.05, 4.69) is 29.5 Å². The van der Waals surface area contributed by atoms with Gasteiger partial charge < -0.3 is 20.7 Å². The van der Waals surface area contributed by atoms with Crippen molar-refractivity contribution in [1.82, 2.24) is 16.0 Å². The lowest BCUT2D eigenvalue weighted by Gasteiger charge is -2.30. The molecule has 31 heavy (non-hydrogen) atoms. The zero-order valence-corrected chi connectivity index (χ0v) is 20.6. The minimum atomic E-state index is -0.739. The van der Waals surface area contributed by atoms with E-state index in [1.807, 2.05) is 34.6 Å². The van der Waals surface area contributed by atoms with Crippen LogP contribution in [0.5, 0.6) is 0 Å². The molecule has 0 radical (unpaired) electrons. The van der Waals surface area contributed by atoms with Gasteiger partial charge in [0.05, 0.1) is 13.2 Å². The summed E-state index contributed by atoms with van der Waals surface area (Å²) in [5, 5.41) is 8.55. The molecular weight excluding hydrogens is 394 g/mol. The highest BCUT2D eigenvalue weighted by atomic mass is 16.5. The van der Waals surface area contributed by atoms with Gasteiger partial charge in [0, 0.05) is 36.8 Å². The van der Waals surface area contributed by atoms with Gasteiger partial charge in [0.25, 0.3) is 0 Å². The molecule has 0 aromatic heterocycles. The number of hydrogen-bond donors (Lipinski definition) is 3. The van der Waals surface area contributed by atoms with E-state index < -0.39 is 6.04 Å². The second-order valence-electron chi connectivity index (χ2n) is 9.80. The Kier molecular flexibility index (Phi) is 14.1. The van der Waals surface area contributed by atoms with Crippen molar-refractivity contribution < 1.29 is 19.1 Å². The Morgan fingerprint density at radius 2 is 1.45 bits per heavy atom. The summed E-state index contributed by atoms with van der Waals surface area (Å²) in [6, 6.07) is -0.739. The quantitative estimate of drug-likeness (QED) is 0.239. The second kappa shape index (κ2) is 15.0. The van der Waals surface area contributed by atoms with Crippen molar-refractivity contribution in [3.8, 4) is 0 Å². The smallest absolute Gasteiger partial charge is 0.246 e. The molecule has 7 nitrogen and oxygen atoms in total. The monoisotopic (exact) mass is 439 g/mol. The average molecular weight is 440 g/mol. The Labute approximate surface area is 189 Å². The molecule has 0 aromatic carbocycles. The fourth-order valence-corrected chi connectivity index (χ4v) is 2.81. The molecule has 7 heteroatoms. The zero-order valence-electron chi connectivity index (χ0n) is 20.6. The van der Waals surface area contributed by atoms with Crippen LogP contribution in [0.15, 0.2) is 12.7 Å². The largest absolute Gasteiger partial charge is 0.380 e. The number of rotatable bonds is 17. The molecule has 1 atom stereocenters. The van der Waals surface area contributed by atoms with Crippen LogP contribution in [-0.2, 0) is 19.1 Å². The van der Waals surface area contributed by atoms with E-state index in [1.54, 1.807) is 0 Å². The predicted octanol–water partition coefficient (Wildman–Crippen LogP) is 3.34. The molecule has 0 aliphatic heterocycles. The van der Waals surface area contributed by atoms with Gasteiger partial charge in [-0.25, -0.2) is 0 Å². The van der Waals surface area contributed by atoms with E-state index >= 15 is 0 Å². The first-order valence-electron chi connectivity index (χ1n) is 11.5. The highest BCUT2D eigenvalue weighted by molar-refractivity contribution is 5.89. The summed E-state index contributed by atoms with van der Waals surface area (Å²) in [7, 11) is 0. The topological polar surface area (TPSA) is 96.5 Å². The lowest BCUT2D eigenvalue weighted by molar-refractivity contribution is -0.128. The molecule has 0 aliphatic carbocycles. The van der Waals surface area contributed by atoms with Gasteiger partial charge in [0.15, 0.2) is 0 Å². The van der Waals surface area contributed by atoms with Crippen LogP contribution in [-0.4, -0.2) is 50.1 Å². The highest BCUT2D eigenvalue weighted by Gasteiger charge is 2.25. The van der Waals surface area contributed by atoms with Crippen LogP contribution in [0.4, 0.5) is 0 Å². The zero-order chi connectivity index (χ0) is 23.9. The summed E-state index contributed by atoms with van der Waals surface area (Å²) in [5.41, 5.74) is -0.466. The molecule has 0 saturated carbocycles. The number of carbonyl (C=O) groups excluding carboxylic acids is 3. The van der Waals surface area contributed by atoms with Gasteiger partial charge in [-0.15, -0.1) is 6.58 Å². The lowest BCUT2D eigenvalue weighted by atomic mass is 9.93. The Bertz CT molecular complexity index is 573. The van der Waals surface area contributed by atoms with Crippen molar-refractivity contribution in [3.63, 3.8) is 0 Å². The Hall–Kier alpha value is -1.89. The molecule has 0 aromatic rings. The predicted molar refractivity (Wildman–Crippen MR) is 126 cm³/mol. The van der Waals surface area contributed by atoms with Gasteiger partial charge in [0.1, 0.15) is 6.04 Å². The number of unbranched alkanes of at least 4 members (excludes halogenated alkanes) is 2. The minimum Gasteiger partial charge on any atom is -0.380 e. The molecule has 180 valence electrons. The standard InChI is InChI=1S/C24H45N3O4/c1-8-11-12-14-21(29)27-19(10-3)22(30)26-16-24(6,7)18-31-17-23(4,5)15-25-20(28)13-9-2/h10,19H,3,8-9,11-18H2,1-2,4-7H3,(H,25,28)(H,26,30)(H,27,29)/t19-/m1/s1. The van der Waals surface area contributed by atoms with Crippen molar-refractivity contribution in [2.24, 2.45) is 10.8 Å². The average Bonchev–Trinajstić information content (AvgIpc) is 2.69. The van der Waals surface area contributed by atoms with Crippen molar-refractivity contribution in [1.29, 1.82) is 0 Å². The van der Waals surface area contributed by atoms with Crippen molar-refractivity contribution in [3.05, 3.63) is 12.7 Å². The Morgan fingerprint density at radius 1 is 0.871 bits per heavy atom. The number of nitrogens with one attached hydrogen (secondary N) is 3. The fourth-order valence-electron chi connectivity index (χ4n) is 2.81. The maximum atomic E-state index is 12.4. The molecule has 0 spiro atoms. The molecule has 0 unspecified atom stereocenters. The van der Waals surface area contributed by atoms with Gasteiger partial charge in [-0.2, -0.15) is 0 Å². The van der Waals surface area contributed by atoms with Gasteiger partial charge in [0.2, 0.25) is 17.7 Å². The number of hydrogen-bond acceptors (Lipinski definition) is 4. The molecule has 3 amide bonds. The third-order valence-corrected chi connectivity index (χ3v) is 4.81. The van der Waals surface area contributed by atoms with Crippen LogP contribution >= 0.6 is 0 Å². The van der Waals surface area contributed by atoms with Crippen LogP contribution in [0.2, 0.25) is 0 Å². The lowest BCUT2D eigenvalue weighted by Crippen LogP contribution is -2.48. The third kappa shape index (κ3) is 14.7. The number of carbonyl (C=O) groups is 3. The summed E-state index contributed by atoms with van der Waals surface area (Å²) in [4.78, 5) is 36.1. The number of ether oxygens (including phenoxy) is 1. The van der Waals surface area contributed by atoms with E-state index in [-0.39, 0.29) is 28.6 Å². The summed E-state index contributed by atoms with van der Waals surface area (Å²) in [6.07, 6.45) is 6.09. The first kappa shape index (κ1) is 29.1. The Morgan fingerprint density at radius 3 is 1.97 bits per heavy atom. The van der Waals surface area contributed by atoms with E-state index in [1.165, 1.54) is 6.08 Å². The molecule has 3 N–H and O–H groups in total. The second-order valence-corrected chi connectivity index (χ2v) is 9.80. The van der Waals surface area contributed by atoms with Gasteiger partial charge >= 0.3 is 0 Å². The van der Waals surface area contributed by atoms with E-state index in [4.69, 9.17) is 4.74 Å². The molecule has 0 aliphatic rings. The Balaban J connectivity index is 4.36. The summed E-state index contributed by atoms with van der Waals surface area (Å²) in [5.74, 6) is -0.344. The number of amides is 3. The van der Waals surface area contributed by atoms with Crippen molar-refractivity contribution >= 4 is 17.7 Å². The first-order chi connectivity index (χ1) is 14.5. The van der Waals surface area contributed by atoms with Crippen LogP contribution in [0.25, 0.3) is 0 Å². The molecular formula is C24H45N3O4. The van der Waals surface area contributed by atoms with Crippen molar-refractivity contribution in [2.75, 3.05) is 26.3 Å². The van der Waals surface area contributed by atoms with E-state index in [9.17, 15) is 14.4 Å². The first-order valence-corrected chi connectivity index (χ1v) is 11.5. The summed E-state index contributed by atoms with van der Waals surface area (Å²) in [6.45, 7) is 17.8. The minimum absolute atomic E-state index is 0.0628.